The monoisotopic (exact) mass is 811 g/mol. The Morgan fingerprint density at radius 1 is 0.604 bits per heavy atom. The molecule has 0 unspecified atom stereocenters. The van der Waals surface area contributed by atoms with Gasteiger partial charge in [0.2, 0.25) is 0 Å². The molecule has 0 radical (unpaired) electrons. The summed E-state index contributed by atoms with van der Waals surface area (Å²) in [6.07, 6.45) is 1.92. The van der Waals surface area contributed by atoms with Crippen LogP contribution in [0.1, 0.15) is 84.7 Å². The summed E-state index contributed by atoms with van der Waals surface area (Å²) >= 11 is 0. The van der Waals surface area contributed by atoms with Gasteiger partial charge < -0.3 is 9.55 Å². The number of hydrogen-bond donors (Lipinski definition) is 0. The zero-order valence-electron chi connectivity index (χ0n) is 29.7. The number of pyridine rings is 2. The molecular formula is C43H44N4Pt. The van der Waals surface area contributed by atoms with E-state index < -0.39 is 0 Å². The molecule has 0 fully saturated rings. The molecule has 0 atom stereocenters. The fourth-order valence-corrected chi connectivity index (χ4v) is 6.49. The van der Waals surface area contributed by atoms with E-state index in [0.717, 1.165) is 56.0 Å². The molecule has 246 valence electrons. The molecule has 0 N–H and O–H groups in total. The van der Waals surface area contributed by atoms with E-state index in [9.17, 15) is 0 Å². The first-order valence-electron chi connectivity index (χ1n) is 16.6. The number of hydrogen-bond acceptors (Lipinski definition) is 2. The minimum Gasteiger partial charge on any atom is -0.439 e. The second kappa shape index (κ2) is 11.8. The van der Waals surface area contributed by atoms with Gasteiger partial charge in [0.15, 0.2) is 0 Å². The maximum atomic E-state index is 5.45. The molecule has 0 saturated carbocycles. The number of aromatic nitrogens is 4. The average molecular weight is 812 g/mol. The third kappa shape index (κ3) is 5.94. The van der Waals surface area contributed by atoms with Crippen LogP contribution >= 0.6 is 0 Å². The Balaban J connectivity index is 0.00000401. The maximum Gasteiger partial charge on any atom is 2.00 e. The van der Waals surface area contributed by atoms with E-state index in [1.165, 1.54) is 27.5 Å². The SMILES string of the molecule is Cc1[n-]c(-n2c3ccc(C(C)(C)C)cc3c3ccc(-c4[c-]c(-c5cc(C(C)(C)C)ccn5)cc(C(C)(C)C)c4)nc32)c2ccccc12.[Pt+2]. The summed E-state index contributed by atoms with van der Waals surface area (Å²) in [7, 11) is 0. The molecular weight excluding hydrogens is 768 g/mol. The van der Waals surface area contributed by atoms with Crippen molar-refractivity contribution in [2.75, 3.05) is 0 Å². The van der Waals surface area contributed by atoms with Gasteiger partial charge in [-0.3, -0.25) is 9.97 Å². The molecule has 4 heterocycles. The van der Waals surface area contributed by atoms with Gasteiger partial charge in [-0.2, -0.15) is 0 Å². The Morgan fingerprint density at radius 2 is 1.23 bits per heavy atom. The van der Waals surface area contributed by atoms with Gasteiger partial charge in [-0.15, -0.1) is 23.8 Å². The zero-order chi connectivity index (χ0) is 33.5. The van der Waals surface area contributed by atoms with E-state index in [4.69, 9.17) is 15.0 Å². The van der Waals surface area contributed by atoms with Crippen molar-refractivity contribution in [3.8, 4) is 28.3 Å². The molecule has 0 spiro atoms. The Kier molecular flexibility index (Phi) is 8.36. The molecule has 4 aromatic heterocycles. The Bertz CT molecular complexity index is 2320. The summed E-state index contributed by atoms with van der Waals surface area (Å²) in [4.78, 5) is 15.4. The smallest absolute Gasteiger partial charge is 0.439 e. The predicted molar refractivity (Wildman–Crippen MR) is 198 cm³/mol. The molecule has 3 aromatic carbocycles. The topological polar surface area (TPSA) is 44.8 Å². The van der Waals surface area contributed by atoms with Crippen LogP contribution in [0.15, 0.2) is 85.1 Å². The van der Waals surface area contributed by atoms with Gasteiger partial charge in [-0.1, -0.05) is 140 Å². The Labute approximate surface area is 299 Å². The first kappa shape index (κ1) is 33.9. The molecule has 0 aliphatic heterocycles. The standard InChI is InChI=1S/C43H44N4.Pt/c1-26-32-13-11-12-14-33(32)39(45-26)47-38-18-15-29(41(2,3)4)24-35(38)34-16-17-36(46-40(34)47)27-21-28(23-31(22-27)43(8,9)10)37-25-30(19-20-44-37)42(5,6)7;/h11-20,22-25H,1-10H3;/q-2;+2. The van der Waals surface area contributed by atoms with Crippen molar-refractivity contribution >= 4 is 32.7 Å². The fourth-order valence-electron chi connectivity index (χ4n) is 6.49. The van der Waals surface area contributed by atoms with Crippen LogP contribution in [0.25, 0.3) is 61.0 Å². The summed E-state index contributed by atoms with van der Waals surface area (Å²) in [6, 6.07) is 32.3. The van der Waals surface area contributed by atoms with E-state index in [1.54, 1.807) is 0 Å². The maximum absolute atomic E-state index is 5.45. The van der Waals surface area contributed by atoms with Gasteiger partial charge in [-0.05, 0) is 67.9 Å². The molecule has 0 aliphatic carbocycles. The van der Waals surface area contributed by atoms with Crippen molar-refractivity contribution in [3.63, 3.8) is 0 Å². The van der Waals surface area contributed by atoms with Crippen LogP contribution in [0.3, 0.4) is 0 Å². The Morgan fingerprint density at radius 3 is 1.90 bits per heavy atom. The quantitative estimate of drug-likeness (QED) is 0.167. The molecule has 7 aromatic rings. The minimum absolute atomic E-state index is 0. The molecule has 4 nitrogen and oxygen atoms in total. The summed E-state index contributed by atoms with van der Waals surface area (Å²) in [5, 5.41) is 4.60. The minimum atomic E-state index is -0.0712. The second-order valence-electron chi connectivity index (χ2n) is 16.1. The van der Waals surface area contributed by atoms with Crippen LogP contribution in [-0.2, 0) is 37.3 Å². The third-order valence-corrected chi connectivity index (χ3v) is 9.44. The van der Waals surface area contributed by atoms with Crippen LogP contribution < -0.4 is 4.98 Å². The van der Waals surface area contributed by atoms with Crippen molar-refractivity contribution in [1.82, 2.24) is 19.5 Å². The van der Waals surface area contributed by atoms with Crippen molar-refractivity contribution in [1.29, 1.82) is 0 Å². The van der Waals surface area contributed by atoms with Crippen LogP contribution in [0, 0.1) is 13.0 Å². The van der Waals surface area contributed by atoms with Crippen LogP contribution in [0.5, 0.6) is 0 Å². The van der Waals surface area contributed by atoms with Gasteiger partial charge in [0.25, 0.3) is 0 Å². The van der Waals surface area contributed by atoms with Crippen molar-refractivity contribution in [3.05, 3.63) is 114 Å². The van der Waals surface area contributed by atoms with E-state index in [-0.39, 0.29) is 37.3 Å². The number of aryl methyl sites for hydroxylation is 1. The summed E-state index contributed by atoms with van der Waals surface area (Å²) in [6.45, 7) is 22.4. The van der Waals surface area contributed by atoms with Gasteiger partial charge in [0.05, 0.1) is 5.65 Å². The van der Waals surface area contributed by atoms with Crippen LogP contribution in [0.2, 0.25) is 0 Å². The largest absolute Gasteiger partial charge is 2.00 e. The van der Waals surface area contributed by atoms with Gasteiger partial charge in [0.1, 0.15) is 0 Å². The summed E-state index contributed by atoms with van der Waals surface area (Å²) < 4.78 is 2.26. The Hall–Kier alpha value is -4.01. The van der Waals surface area contributed by atoms with E-state index in [1.807, 2.05) is 6.20 Å². The molecule has 0 amide bonds. The average Bonchev–Trinajstić information content (AvgIpc) is 3.53. The number of nitrogens with zero attached hydrogens (tertiary/aromatic N) is 4. The van der Waals surface area contributed by atoms with E-state index in [0.29, 0.717) is 0 Å². The van der Waals surface area contributed by atoms with Crippen molar-refractivity contribution < 1.29 is 21.1 Å². The fraction of sp³-hybridized carbons (Fsp3) is 0.302. The molecule has 7 rings (SSSR count). The number of benzene rings is 3. The van der Waals surface area contributed by atoms with Crippen molar-refractivity contribution in [2.45, 2.75) is 85.5 Å². The number of rotatable bonds is 3. The molecule has 0 aliphatic rings. The first-order valence-corrected chi connectivity index (χ1v) is 16.6. The zero-order valence-corrected chi connectivity index (χ0v) is 32.0. The molecule has 0 bridgehead atoms. The van der Waals surface area contributed by atoms with Gasteiger partial charge in [-0.25, -0.2) is 0 Å². The van der Waals surface area contributed by atoms with Crippen molar-refractivity contribution in [2.24, 2.45) is 0 Å². The number of fused-ring (bicyclic) bond motifs is 4. The second-order valence-corrected chi connectivity index (χ2v) is 16.1. The molecule has 48 heavy (non-hydrogen) atoms. The van der Waals surface area contributed by atoms with Crippen LogP contribution in [0.4, 0.5) is 0 Å². The van der Waals surface area contributed by atoms with Gasteiger partial charge in [0, 0.05) is 23.0 Å². The first-order chi connectivity index (χ1) is 22.1. The van der Waals surface area contributed by atoms with Gasteiger partial charge >= 0.3 is 21.1 Å². The normalized spacial score (nSPS) is 12.6. The van der Waals surface area contributed by atoms with E-state index in [2.05, 4.69) is 159 Å². The van der Waals surface area contributed by atoms with E-state index >= 15 is 0 Å². The summed E-state index contributed by atoms with van der Waals surface area (Å²) in [5.74, 6) is 0.919. The molecule has 5 heteroatoms. The predicted octanol–water partition coefficient (Wildman–Crippen LogP) is 11.0. The molecule has 0 saturated heterocycles. The van der Waals surface area contributed by atoms with Crippen LogP contribution in [-0.4, -0.2) is 14.5 Å². The third-order valence-electron chi connectivity index (χ3n) is 9.44. The summed E-state index contributed by atoms with van der Waals surface area (Å²) in [5.41, 5.74) is 10.5.